The quantitative estimate of drug-likeness (QED) is 0.858. The van der Waals surface area contributed by atoms with Crippen LogP contribution in [0.5, 0.6) is 0 Å². The molecule has 124 valence electrons. The predicted octanol–water partition coefficient (Wildman–Crippen LogP) is 1.84. The minimum atomic E-state index is -3.50. The molecule has 0 spiro atoms. The predicted molar refractivity (Wildman–Crippen MR) is 87.9 cm³/mol. The number of imidazole rings is 1. The standard InChI is InChI=1S/C16H21N3O3S/c1-12-7-5-6-10-18(12)15(20)11-19-14-9-4-3-8-13(14)17-16(19)23(2,21)22/h3-4,8-9,12H,5-7,10-11H2,1-2H3/t12-/m1/s1. The molecular weight excluding hydrogens is 314 g/mol. The van der Waals surface area contributed by atoms with Crippen molar-refractivity contribution in [2.45, 2.75) is 43.9 Å². The number of carbonyl (C=O) groups excluding carboxylic acids is 1. The van der Waals surface area contributed by atoms with E-state index in [-0.39, 0.29) is 23.7 Å². The largest absolute Gasteiger partial charge is 0.338 e. The van der Waals surface area contributed by atoms with Gasteiger partial charge in [0.15, 0.2) is 0 Å². The molecule has 6 nitrogen and oxygen atoms in total. The number of hydrogen-bond acceptors (Lipinski definition) is 4. The minimum absolute atomic E-state index is 0.00720. The lowest BCUT2D eigenvalue weighted by atomic mass is 10.0. The number of rotatable bonds is 3. The zero-order valence-electron chi connectivity index (χ0n) is 13.4. The smallest absolute Gasteiger partial charge is 0.242 e. The summed E-state index contributed by atoms with van der Waals surface area (Å²) in [7, 11) is -3.50. The molecule has 0 bridgehead atoms. The summed E-state index contributed by atoms with van der Waals surface area (Å²) in [5, 5.41) is -0.0447. The van der Waals surface area contributed by atoms with Gasteiger partial charge >= 0.3 is 0 Å². The molecule has 7 heteroatoms. The number of sulfone groups is 1. The summed E-state index contributed by atoms with van der Waals surface area (Å²) in [5.74, 6) is -0.0507. The minimum Gasteiger partial charge on any atom is -0.338 e. The van der Waals surface area contributed by atoms with Gasteiger partial charge in [0.2, 0.25) is 20.9 Å². The van der Waals surface area contributed by atoms with Gasteiger partial charge in [-0.15, -0.1) is 0 Å². The van der Waals surface area contributed by atoms with Gasteiger partial charge in [-0.2, -0.15) is 0 Å². The van der Waals surface area contributed by atoms with E-state index in [0.29, 0.717) is 11.0 Å². The summed E-state index contributed by atoms with van der Waals surface area (Å²) in [6.45, 7) is 2.79. The van der Waals surface area contributed by atoms with Crippen LogP contribution in [0.2, 0.25) is 0 Å². The first-order chi connectivity index (χ1) is 10.9. The van der Waals surface area contributed by atoms with E-state index < -0.39 is 9.84 Å². The second kappa shape index (κ2) is 5.96. The Hall–Kier alpha value is -1.89. The molecule has 1 aromatic carbocycles. The number of aromatic nitrogens is 2. The van der Waals surface area contributed by atoms with Crippen LogP contribution in [0.1, 0.15) is 26.2 Å². The highest BCUT2D eigenvalue weighted by Gasteiger charge is 2.26. The van der Waals surface area contributed by atoms with Gasteiger partial charge in [-0.3, -0.25) is 4.79 Å². The fourth-order valence-electron chi connectivity index (χ4n) is 3.18. The molecular formula is C16H21N3O3S. The van der Waals surface area contributed by atoms with E-state index in [2.05, 4.69) is 4.98 Å². The molecule has 2 heterocycles. The average molecular weight is 335 g/mol. The summed E-state index contributed by atoms with van der Waals surface area (Å²) < 4.78 is 25.6. The van der Waals surface area contributed by atoms with Crippen molar-refractivity contribution in [3.8, 4) is 0 Å². The lowest BCUT2D eigenvalue weighted by Gasteiger charge is -2.33. The van der Waals surface area contributed by atoms with Gasteiger partial charge in [0.05, 0.1) is 11.0 Å². The molecule has 3 rings (SSSR count). The van der Waals surface area contributed by atoms with Crippen molar-refractivity contribution < 1.29 is 13.2 Å². The van der Waals surface area contributed by atoms with Crippen LogP contribution in [-0.2, 0) is 21.2 Å². The molecule has 23 heavy (non-hydrogen) atoms. The van der Waals surface area contributed by atoms with Gasteiger partial charge in [0.25, 0.3) is 0 Å². The molecule has 1 saturated heterocycles. The summed E-state index contributed by atoms with van der Waals surface area (Å²) in [5.41, 5.74) is 1.26. The van der Waals surface area contributed by atoms with E-state index >= 15 is 0 Å². The van der Waals surface area contributed by atoms with Crippen LogP contribution in [0.3, 0.4) is 0 Å². The fraction of sp³-hybridized carbons (Fsp3) is 0.500. The summed E-state index contributed by atoms with van der Waals surface area (Å²) in [4.78, 5) is 18.7. The fourth-order valence-corrected chi connectivity index (χ4v) is 4.01. The number of piperidine rings is 1. The van der Waals surface area contributed by atoms with Gasteiger partial charge in [0, 0.05) is 18.8 Å². The number of hydrogen-bond donors (Lipinski definition) is 0. The van der Waals surface area contributed by atoms with Gasteiger partial charge in [-0.25, -0.2) is 13.4 Å². The highest BCUT2D eigenvalue weighted by molar-refractivity contribution is 7.90. The topological polar surface area (TPSA) is 72.3 Å². The molecule has 2 aromatic rings. The number of nitrogens with zero attached hydrogens (tertiary/aromatic N) is 3. The summed E-state index contributed by atoms with van der Waals surface area (Å²) >= 11 is 0. The second-order valence-electron chi connectivity index (χ2n) is 6.17. The highest BCUT2D eigenvalue weighted by Crippen LogP contribution is 2.22. The van der Waals surface area contributed by atoms with Crippen molar-refractivity contribution in [1.29, 1.82) is 0 Å². The number of likely N-dealkylation sites (tertiary alicyclic amines) is 1. The average Bonchev–Trinajstić information content (AvgIpc) is 2.87. The van der Waals surface area contributed by atoms with Crippen LogP contribution >= 0.6 is 0 Å². The third-order valence-electron chi connectivity index (χ3n) is 4.37. The number of para-hydroxylation sites is 2. The molecule has 1 aliphatic heterocycles. The Balaban J connectivity index is 2.00. The number of benzene rings is 1. The monoisotopic (exact) mass is 335 g/mol. The first-order valence-corrected chi connectivity index (χ1v) is 9.72. The lowest BCUT2D eigenvalue weighted by Crippen LogP contribution is -2.43. The van der Waals surface area contributed by atoms with Crippen LogP contribution < -0.4 is 0 Å². The molecule has 0 unspecified atom stereocenters. The molecule has 0 N–H and O–H groups in total. The normalized spacial score (nSPS) is 19.2. The van der Waals surface area contributed by atoms with Crippen LogP contribution in [0.25, 0.3) is 11.0 Å². The van der Waals surface area contributed by atoms with E-state index in [9.17, 15) is 13.2 Å². The second-order valence-corrected chi connectivity index (χ2v) is 8.08. The Kier molecular flexibility index (Phi) is 4.14. The van der Waals surface area contributed by atoms with Gasteiger partial charge in [-0.1, -0.05) is 12.1 Å². The first-order valence-electron chi connectivity index (χ1n) is 7.83. The third kappa shape index (κ3) is 3.10. The van der Waals surface area contributed by atoms with Crippen LogP contribution in [0, 0.1) is 0 Å². The Morgan fingerprint density at radius 3 is 2.74 bits per heavy atom. The molecule has 1 atom stereocenters. The number of carbonyl (C=O) groups is 1. The van der Waals surface area contributed by atoms with Crippen LogP contribution in [-0.4, -0.2) is 47.6 Å². The molecule has 0 saturated carbocycles. The van der Waals surface area contributed by atoms with Gasteiger partial charge in [0.1, 0.15) is 6.54 Å². The van der Waals surface area contributed by atoms with Crippen molar-refractivity contribution in [3.05, 3.63) is 24.3 Å². The summed E-state index contributed by atoms with van der Waals surface area (Å²) in [6.07, 6.45) is 4.25. The maximum Gasteiger partial charge on any atom is 0.242 e. The molecule has 0 aliphatic carbocycles. The van der Waals surface area contributed by atoms with Crippen molar-refractivity contribution in [1.82, 2.24) is 14.5 Å². The van der Waals surface area contributed by atoms with E-state index in [1.165, 1.54) is 4.57 Å². The maximum absolute atomic E-state index is 12.7. The molecule has 1 fully saturated rings. The Bertz CT molecular complexity index is 841. The molecule has 1 aliphatic rings. The number of amides is 1. The summed E-state index contributed by atoms with van der Waals surface area (Å²) in [6, 6.07) is 7.38. The SMILES string of the molecule is C[C@@H]1CCCCN1C(=O)Cn1c(S(C)(=O)=O)nc2ccccc21. The van der Waals surface area contributed by atoms with Crippen molar-refractivity contribution in [2.24, 2.45) is 0 Å². The van der Waals surface area contributed by atoms with Gasteiger partial charge in [-0.05, 0) is 38.3 Å². The first kappa shape index (κ1) is 16.0. The lowest BCUT2D eigenvalue weighted by molar-refractivity contribution is -0.135. The molecule has 1 aromatic heterocycles. The van der Waals surface area contributed by atoms with Crippen molar-refractivity contribution in [3.63, 3.8) is 0 Å². The van der Waals surface area contributed by atoms with Gasteiger partial charge < -0.3 is 9.47 Å². The highest BCUT2D eigenvalue weighted by atomic mass is 32.2. The Morgan fingerprint density at radius 1 is 1.30 bits per heavy atom. The maximum atomic E-state index is 12.7. The zero-order valence-corrected chi connectivity index (χ0v) is 14.2. The van der Waals surface area contributed by atoms with E-state index in [4.69, 9.17) is 0 Å². The Morgan fingerprint density at radius 2 is 2.04 bits per heavy atom. The van der Waals surface area contributed by atoms with Crippen LogP contribution in [0.15, 0.2) is 29.4 Å². The van der Waals surface area contributed by atoms with Crippen molar-refractivity contribution >= 4 is 26.8 Å². The molecule has 0 radical (unpaired) electrons. The zero-order chi connectivity index (χ0) is 16.6. The molecule has 1 amide bonds. The van der Waals surface area contributed by atoms with E-state index in [1.54, 1.807) is 18.2 Å². The Labute approximate surface area is 136 Å². The van der Waals surface area contributed by atoms with Crippen LogP contribution in [0.4, 0.5) is 0 Å². The van der Waals surface area contributed by atoms with E-state index in [0.717, 1.165) is 32.1 Å². The third-order valence-corrected chi connectivity index (χ3v) is 5.34. The number of fused-ring (bicyclic) bond motifs is 1. The van der Waals surface area contributed by atoms with E-state index in [1.807, 2.05) is 17.9 Å². The van der Waals surface area contributed by atoms with Crippen molar-refractivity contribution in [2.75, 3.05) is 12.8 Å².